The smallest absolute Gasteiger partial charge is 0.240 e. The van der Waals surface area contributed by atoms with E-state index in [0.29, 0.717) is 5.69 Å². The molecule has 24 heavy (non-hydrogen) atoms. The average molecular weight is 349 g/mol. The number of sulfonamides is 1. The minimum absolute atomic E-state index is 0.207. The van der Waals surface area contributed by atoms with Crippen LogP contribution >= 0.6 is 0 Å². The van der Waals surface area contributed by atoms with Crippen molar-refractivity contribution >= 4 is 15.7 Å². The summed E-state index contributed by atoms with van der Waals surface area (Å²) in [6.45, 7) is 5.44. The Morgan fingerprint density at radius 2 is 1.83 bits per heavy atom. The summed E-state index contributed by atoms with van der Waals surface area (Å²) in [7, 11) is -3.70. The Kier molecular flexibility index (Phi) is 5.17. The van der Waals surface area contributed by atoms with Crippen LogP contribution in [-0.2, 0) is 16.6 Å². The summed E-state index contributed by atoms with van der Waals surface area (Å²) < 4.78 is 25.6. The van der Waals surface area contributed by atoms with E-state index in [1.54, 1.807) is 18.3 Å². The highest BCUT2D eigenvalue weighted by atomic mass is 32.2. The minimum Gasteiger partial charge on any atom is -0.368 e. The number of benzene rings is 1. The van der Waals surface area contributed by atoms with Crippen molar-refractivity contribution in [1.29, 1.82) is 0 Å². The lowest BCUT2D eigenvalue weighted by Crippen LogP contribution is -2.47. The number of hydrogen-bond acceptors (Lipinski definition) is 5. The van der Waals surface area contributed by atoms with Gasteiger partial charge in [-0.25, -0.2) is 18.5 Å². The van der Waals surface area contributed by atoms with E-state index in [1.807, 2.05) is 24.7 Å². The Morgan fingerprint density at radius 1 is 1.08 bits per heavy atom. The molecule has 0 spiro atoms. The summed E-state index contributed by atoms with van der Waals surface area (Å²) in [5.74, 6) is 0. The fourth-order valence-corrected chi connectivity index (χ4v) is 3.82. The second kappa shape index (κ2) is 7.33. The predicted molar refractivity (Wildman–Crippen MR) is 93.3 cm³/mol. The van der Waals surface area contributed by atoms with Gasteiger partial charge in [0, 0.05) is 45.1 Å². The molecule has 0 bridgehead atoms. The lowest BCUT2D eigenvalue weighted by atomic mass is 10.2. The van der Waals surface area contributed by atoms with E-state index in [-0.39, 0.29) is 4.90 Å². The zero-order valence-electron chi connectivity index (χ0n) is 13.6. The van der Waals surface area contributed by atoms with Crippen molar-refractivity contribution in [2.24, 2.45) is 5.14 Å². The van der Waals surface area contributed by atoms with E-state index in [4.69, 9.17) is 5.14 Å². The molecule has 7 nitrogen and oxygen atoms in total. The number of aromatic nitrogens is 2. The zero-order chi connectivity index (χ0) is 17.0. The van der Waals surface area contributed by atoms with Crippen LogP contribution < -0.4 is 10.0 Å². The molecule has 1 aromatic carbocycles. The Bertz CT molecular complexity index is 753. The van der Waals surface area contributed by atoms with Crippen LogP contribution in [0.25, 0.3) is 0 Å². The lowest BCUT2D eigenvalue weighted by Gasteiger charge is -2.36. The Labute approximate surface area is 142 Å². The highest BCUT2D eigenvalue weighted by Crippen LogP contribution is 2.25. The van der Waals surface area contributed by atoms with Crippen molar-refractivity contribution in [3.05, 3.63) is 43.0 Å². The van der Waals surface area contributed by atoms with Gasteiger partial charge in [-0.3, -0.25) is 4.90 Å². The average Bonchev–Trinajstić information content (AvgIpc) is 3.08. The standard InChI is InChI=1S/C16H23N5O2S/c17-24(22,23)16-5-2-1-4-15(16)21-12-10-19(11-13-21)7-3-8-20-9-6-18-14-20/h1-2,4-6,9,14H,3,7-8,10-13H2,(H2,17,22,23). The lowest BCUT2D eigenvalue weighted by molar-refractivity contribution is 0.250. The first-order valence-corrected chi connectivity index (χ1v) is 9.63. The van der Waals surface area contributed by atoms with Crippen LogP contribution in [0.4, 0.5) is 5.69 Å². The fraction of sp³-hybridized carbons (Fsp3) is 0.438. The maximum absolute atomic E-state index is 11.7. The number of imidazole rings is 1. The normalized spacial score (nSPS) is 16.5. The molecule has 1 saturated heterocycles. The van der Waals surface area contributed by atoms with E-state index in [2.05, 4.69) is 19.4 Å². The van der Waals surface area contributed by atoms with E-state index >= 15 is 0 Å². The number of para-hydroxylation sites is 1. The molecule has 8 heteroatoms. The summed E-state index contributed by atoms with van der Waals surface area (Å²) >= 11 is 0. The molecule has 0 amide bonds. The van der Waals surface area contributed by atoms with E-state index in [9.17, 15) is 8.42 Å². The van der Waals surface area contributed by atoms with Gasteiger partial charge in [0.2, 0.25) is 10.0 Å². The van der Waals surface area contributed by atoms with Crippen molar-refractivity contribution < 1.29 is 8.42 Å². The second-order valence-corrected chi connectivity index (χ2v) is 7.53. The molecular weight excluding hydrogens is 326 g/mol. The Balaban J connectivity index is 1.54. The van der Waals surface area contributed by atoms with Gasteiger partial charge in [0.25, 0.3) is 0 Å². The molecule has 1 aromatic heterocycles. The molecule has 1 aliphatic heterocycles. The number of aryl methyl sites for hydroxylation is 1. The highest BCUT2D eigenvalue weighted by molar-refractivity contribution is 7.89. The van der Waals surface area contributed by atoms with Gasteiger partial charge in [0.05, 0.1) is 12.0 Å². The monoisotopic (exact) mass is 349 g/mol. The molecule has 1 fully saturated rings. The molecule has 2 aromatic rings. The summed E-state index contributed by atoms with van der Waals surface area (Å²) in [5.41, 5.74) is 0.707. The molecule has 3 rings (SSSR count). The molecule has 0 saturated carbocycles. The molecule has 0 radical (unpaired) electrons. The summed E-state index contributed by atoms with van der Waals surface area (Å²) in [4.78, 5) is 8.76. The van der Waals surface area contributed by atoms with Crippen LogP contribution in [0.5, 0.6) is 0 Å². The van der Waals surface area contributed by atoms with Crippen LogP contribution in [0.1, 0.15) is 6.42 Å². The topological polar surface area (TPSA) is 84.5 Å². The van der Waals surface area contributed by atoms with Crippen LogP contribution in [0, 0.1) is 0 Å². The highest BCUT2D eigenvalue weighted by Gasteiger charge is 2.22. The first-order chi connectivity index (χ1) is 11.5. The molecule has 2 heterocycles. The Morgan fingerprint density at radius 3 is 2.50 bits per heavy atom. The zero-order valence-corrected chi connectivity index (χ0v) is 14.4. The maximum Gasteiger partial charge on any atom is 0.240 e. The number of hydrogen-bond donors (Lipinski definition) is 1. The van der Waals surface area contributed by atoms with Crippen LogP contribution in [0.15, 0.2) is 47.9 Å². The summed E-state index contributed by atoms with van der Waals surface area (Å²) in [6, 6.07) is 6.95. The van der Waals surface area contributed by atoms with E-state index < -0.39 is 10.0 Å². The van der Waals surface area contributed by atoms with Gasteiger partial charge >= 0.3 is 0 Å². The van der Waals surface area contributed by atoms with Gasteiger partial charge in [-0.05, 0) is 25.1 Å². The molecule has 2 N–H and O–H groups in total. The van der Waals surface area contributed by atoms with E-state index in [0.717, 1.165) is 45.7 Å². The van der Waals surface area contributed by atoms with Crippen molar-refractivity contribution in [1.82, 2.24) is 14.5 Å². The van der Waals surface area contributed by atoms with Gasteiger partial charge in [-0.15, -0.1) is 0 Å². The first-order valence-electron chi connectivity index (χ1n) is 8.09. The second-order valence-electron chi connectivity index (χ2n) is 6.00. The fourth-order valence-electron chi connectivity index (χ4n) is 3.07. The van der Waals surface area contributed by atoms with Crippen LogP contribution in [0.2, 0.25) is 0 Å². The third-order valence-electron chi connectivity index (χ3n) is 4.33. The van der Waals surface area contributed by atoms with Gasteiger partial charge in [0.1, 0.15) is 4.90 Å². The van der Waals surface area contributed by atoms with Gasteiger partial charge in [-0.1, -0.05) is 12.1 Å². The van der Waals surface area contributed by atoms with Crippen molar-refractivity contribution in [3.63, 3.8) is 0 Å². The molecule has 0 atom stereocenters. The van der Waals surface area contributed by atoms with Gasteiger partial charge in [0.15, 0.2) is 0 Å². The van der Waals surface area contributed by atoms with Gasteiger partial charge in [-0.2, -0.15) is 0 Å². The number of rotatable bonds is 6. The molecule has 0 aliphatic carbocycles. The first kappa shape index (κ1) is 16.9. The maximum atomic E-state index is 11.7. The number of primary sulfonamides is 1. The van der Waals surface area contributed by atoms with Crippen molar-refractivity contribution in [3.8, 4) is 0 Å². The summed E-state index contributed by atoms with van der Waals surface area (Å²) in [6.07, 6.45) is 6.68. The largest absolute Gasteiger partial charge is 0.368 e. The van der Waals surface area contributed by atoms with Crippen molar-refractivity contribution in [2.75, 3.05) is 37.6 Å². The van der Waals surface area contributed by atoms with Crippen LogP contribution in [-0.4, -0.2) is 55.6 Å². The third kappa shape index (κ3) is 4.14. The van der Waals surface area contributed by atoms with E-state index in [1.165, 1.54) is 0 Å². The number of piperazine rings is 1. The quantitative estimate of drug-likeness (QED) is 0.832. The Hall–Kier alpha value is -1.90. The molecule has 130 valence electrons. The van der Waals surface area contributed by atoms with Crippen LogP contribution in [0.3, 0.4) is 0 Å². The minimum atomic E-state index is -3.70. The molecule has 1 aliphatic rings. The molecular formula is C16H23N5O2S. The number of nitrogens with two attached hydrogens (primary N) is 1. The SMILES string of the molecule is NS(=O)(=O)c1ccccc1N1CCN(CCCn2ccnc2)CC1. The molecule has 0 unspecified atom stereocenters. The predicted octanol–water partition coefficient (Wildman–Crippen LogP) is 0.743. The third-order valence-corrected chi connectivity index (χ3v) is 5.29. The number of nitrogens with zero attached hydrogens (tertiary/aromatic N) is 4. The van der Waals surface area contributed by atoms with Crippen molar-refractivity contribution in [2.45, 2.75) is 17.9 Å². The van der Waals surface area contributed by atoms with Gasteiger partial charge < -0.3 is 9.47 Å². The number of anilines is 1. The summed E-state index contributed by atoms with van der Waals surface area (Å²) in [5, 5.41) is 5.33.